The number of allylic oxidation sites excluding steroid dienone is 1. The Labute approximate surface area is 61.8 Å². The average molecular weight is 134 g/mol. The van der Waals surface area contributed by atoms with Crippen molar-refractivity contribution in [1.29, 1.82) is 0 Å². The summed E-state index contributed by atoms with van der Waals surface area (Å²) < 4.78 is 0. The summed E-state index contributed by atoms with van der Waals surface area (Å²) >= 11 is 0. The Bertz CT molecular complexity index is 210. The fraction of sp³-hybridized carbons (Fsp3) is 0.222. The van der Waals surface area contributed by atoms with Gasteiger partial charge in [-0.05, 0) is 25.0 Å². The first-order valence-corrected chi connectivity index (χ1v) is 3.43. The van der Waals surface area contributed by atoms with E-state index >= 15 is 0 Å². The zero-order chi connectivity index (χ0) is 7.40. The largest absolute Gasteiger partial charge is 0.364 e. The number of hydrogen-bond acceptors (Lipinski definition) is 0. The zero-order valence-corrected chi connectivity index (χ0v) is 6.06. The standard InChI is InChI=1S/C9H12N/c1-3-5-9-6-8(4-2)7-10-9/h3,6-7,10H,1-2,4-5H2. The molecule has 1 N–H and O–H groups in total. The van der Waals surface area contributed by atoms with Gasteiger partial charge < -0.3 is 4.98 Å². The molecule has 1 aromatic rings. The molecule has 1 nitrogen and oxygen atoms in total. The Balaban J connectivity index is 2.67. The molecule has 1 radical (unpaired) electrons. The lowest BCUT2D eigenvalue weighted by atomic mass is 10.2. The van der Waals surface area contributed by atoms with Gasteiger partial charge in [-0.3, -0.25) is 0 Å². The fourth-order valence-electron chi connectivity index (χ4n) is 0.910. The molecule has 1 rings (SSSR count). The van der Waals surface area contributed by atoms with Crippen LogP contribution in [-0.2, 0) is 12.8 Å². The number of aromatic amines is 1. The van der Waals surface area contributed by atoms with Crippen LogP contribution < -0.4 is 0 Å². The van der Waals surface area contributed by atoms with Gasteiger partial charge in [0, 0.05) is 18.3 Å². The smallest absolute Gasteiger partial charge is 0.0188 e. The van der Waals surface area contributed by atoms with Gasteiger partial charge in [0.1, 0.15) is 0 Å². The molecular formula is C9H12N. The van der Waals surface area contributed by atoms with E-state index < -0.39 is 0 Å². The van der Waals surface area contributed by atoms with E-state index in [0.717, 1.165) is 12.8 Å². The van der Waals surface area contributed by atoms with Gasteiger partial charge in [0.15, 0.2) is 0 Å². The molecule has 1 heterocycles. The third-order valence-corrected chi connectivity index (χ3v) is 1.46. The number of nitrogens with one attached hydrogen (secondary N) is 1. The molecule has 0 aliphatic carbocycles. The molecule has 0 amide bonds. The van der Waals surface area contributed by atoms with E-state index in [1.54, 1.807) is 0 Å². The van der Waals surface area contributed by atoms with Crippen LogP contribution in [0.2, 0.25) is 0 Å². The Morgan fingerprint density at radius 1 is 1.60 bits per heavy atom. The Kier molecular flexibility index (Phi) is 2.32. The second kappa shape index (κ2) is 3.25. The van der Waals surface area contributed by atoms with Gasteiger partial charge in [0.05, 0.1) is 0 Å². The zero-order valence-electron chi connectivity index (χ0n) is 6.06. The van der Waals surface area contributed by atoms with Crippen LogP contribution in [0.3, 0.4) is 0 Å². The molecule has 10 heavy (non-hydrogen) atoms. The van der Waals surface area contributed by atoms with Crippen LogP contribution in [0.1, 0.15) is 11.3 Å². The van der Waals surface area contributed by atoms with Crippen molar-refractivity contribution in [2.24, 2.45) is 0 Å². The molecule has 1 aromatic heterocycles. The van der Waals surface area contributed by atoms with Gasteiger partial charge in [0.25, 0.3) is 0 Å². The average Bonchev–Trinajstić information content (AvgIpc) is 2.37. The van der Waals surface area contributed by atoms with E-state index in [0.29, 0.717) is 0 Å². The molecule has 53 valence electrons. The minimum Gasteiger partial charge on any atom is -0.364 e. The Hall–Kier alpha value is -0.980. The van der Waals surface area contributed by atoms with Crippen LogP contribution in [0.25, 0.3) is 0 Å². The topological polar surface area (TPSA) is 15.8 Å². The predicted molar refractivity (Wildman–Crippen MR) is 43.8 cm³/mol. The molecule has 0 bridgehead atoms. The lowest BCUT2D eigenvalue weighted by Gasteiger charge is -1.85. The van der Waals surface area contributed by atoms with Crippen LogP contribution in [0, 0.1) is 6.92 Å². The van der Waals surface area contributed by atoms with Crippen LogP contribution >= 0.6 is 0 Å². The molecule has 0 atom stereocenters. The monoisotopic (exact) mass is 134 g/mol. The third-order valence-electron chi connectivity index (χ3n) is 1.46. The first-order valence-electron chi connectivity index (χ1n) is 3.43. The summed E-state index contributed by atoms with van der Waals surface area (Å²) in [5.41, 5.74) is 2.48. The molecule has 0 unspecified atom stereocenters. The molecule has 0 saturated carbocycles. The number of hydrogen-bond donors (Lipinski definition) is 1. The van der Waals surface area contributed by atoms with Gasteiger partial charge >= 0.3 is 0 Å². The second-order valence-corrected chi connectivity index (χ2v) is 2.28. The van der Waals surface area contributed by atoms with Crippen LogP contribution in [0.5, 0.6) is 0 Å². The Morgan fingerprint density at radius 3 is 2.90 bits per heavy atom. The highest BCUT2D eigenvalue weighted by molar-refractivity contribution is 5.18. The maximum atomic E-state index is 3.78. The van der Waals surface area contributed by atoms with E-state index in [-0.39, 0.29) is 0 Å². The fourth-order valence-corrected chi connectivity index (χ4v) is 0.910. The molecule has 0 saturated heterocycles. The normalized spacial score (nSPS) is 9.70. The van der Waals surface area contributed by atoms with Crippen LogP contribution in [0.15, 0.2) is 24.9 Å². The van der Waals surface area contributed by atoms with Gasteiger partial charge in [0.2, 0.25) is 0 Å². The summed E-state index contributed by atoms with van der Waals surface area (Å²) in [7, 11) is 0. The van der Waals surface area contributed by atoms with E-state index in [2.05, 4.69) is 24.6 Å². The van der Waals surface area contributed by atoms with Crippen molar-refractivity contribution in [3.05, 3.63) is 43.1 Å². The predicted octanol–water partition coefficient (Wildman–Crippen LogP) is 2.12. The summed E-state index contributed by atoms with van der Waals surface area (Å²) in [5.74, 6) is 0. The molecule has 0 aliphatic heterocycles. The maximum absolute atomic E-state index is 3.78. The summed E-state index contributed by atoms with van der Waals surface area (Å²) in [6.45, 7) is 7.44. The summed E-state index contributed by atoms with van der Waals surface area (Å²) in [4.78, 5) is 3.15. The van der Waals surface area contributed by atoms with E-state index in [1.165, 1.54) is 11.3 Å². The quantitative estimate of drug-likeness (QED) is 0.609. The molecule has 1 heteroatoms. The highest BCUT2D eigenvalue weighted by Crippen LogP contribution is 2.04. The highest BCUT2D eigenvalue weighted by Gasteiger charge is 1.92. The van der Waals surface area contributed by atoms with Crippen molar-refractivity contribution < 1.29 is 0 Å². The summed E-state index contributed by atoms with van der Waals surface area (Å²) in [6, 6.07) is 2.12. The minimum atomic E-state index is 0.855. The Morgan fingerprint density at radius 2 is 2.40 bits per heavy atom. The van der Waals surface area contributed by atoms with E-state index in [1.807, 2.05) is 12.3 Å². The maximum Gasteiger partial charge on any atom is 0.0188 e. The van der Waals surface area contributed by atoms with Gasteiger partial charge in [-0.25, -0.2) is 0 Å². The van der Waals surface area contributed by atoms with Crippen LogP contribution in [-0.4, -0.2) is 4.98 Å². The molecule has 0 fully saturated rings. The highest BCUT2D eigenvalue weighted by atomic mass is 14.7. The van der Waals surface area contributed by atoms with E-state index in [4.69, 9.17) is 0 Å². The van der Waals surface area contributed by atoms with Gasteiger partial charge in [-0.2, -0.15) is 0 Å². The lowest BCUT2D eigenvalue weighted by Crippen LogP contribution is -1.76. The lowest BCUT2D eigenvalue weighted by molar-refractivity contribution is 1.16. The van der Waals surface area contributed by atoms with Crippen molar-refractivity contribution in [3.8, 4) is 0 Å². The van der Waals surface area contributed by atoms with Crippen molar-refractivity contribution in [2.75, 3.05) is 0 Å². The first kappa shape index (κ1) is 7.13. The summed E-state index contributed by atoms with van der Waals surface area (Å²) in [6.07, 6.45) is 5.65. The third kappa shape index (κ3) is 1.50. The molecule has 0 spiro atoms. The number of H-pyrrole nitrogens is 1. The SMILES string of the molecule is [CH2]Cc1c[nH]c(CC=C)c1. The van der Waals surface area contributed by atoms with Gasteiger partial charge in [-0.15, -0.1) is 6.58 Å². The van der Waals surface area contributed by atoms with Gasteiger partial charge in [-0.1, -0.05) is 6.08 Å². The second-order valence-electron chi connectivity index (χ2n) is 2.28. The van der Waals surface area contributed by atoms with Crippen molar-refractivity contribution in [1.82, 2.24) is 4.98 Å². The van der Waals surface area contributed by atoms with Crippen LogP contribution in [0.4, 0.5) is 0 Å². The first-order chi connectivity index (χ1) is 4.86. The number of rotatable bonds is 3. The minimum absolute atomic E-state index is 0.855. The molecular weight excluding hydrogens is 122 g/mol. The van der Waals surface area contributed by atoms with E-state index in [9.17, 15) is 0 Å². The summed E-state index contributed by atoms with van der Waals surface area (Å²) in [5, 5.41) is 0. The van der Waals surface area contributed by atoms with Crippen molar-refractivity contribution in [2.45, 2.75) is 12.8 Å². The molecule has 0 aromatic carbocycles. The van der Waals surface area contributed by atoms with Crippen molar-refractivity contribution >= 4 is 0 Å². The molecule has 0 aliphatic rings. The van der Waals surface area contributed by atoms with Crippen molar-refractivity contribution in [3.63, 3.8) is 0 Å². The number of aromatic nitrogens is 1.